The number of fused-ring (bicyclic) bond motifs is 1. The highest BCUT2D eigenvalue weighted by molar-refractivity contribution is 5.83. The zero-order chi connectivity index (χ0) is 28.3. The average molecular weight is 559 g/mol. The molecule has 2 saturated heterocycles. The standard InChI is InChI=1S/C26H29F3N8O3/c1-35-22-13-20(32-21(14-30)24(22)33-34-35)18-12-19(26(27,28)29)25(31-15-18)40-9-4-17-2-5-36(6-3-17)16-23(38)37-7-10-39-11-8-37/h12-13,15,17H,2-11,16H2,1H3. The van der Waals surface area contributed by atoms with Crippen molar-refractivity contribution in [1.82, 2.24) is 34.8 Å². The quantitative estimate of drug-likeness (QED) is 0.431. The second-order valence-corrected chi connectivity index (χ2v) is 9.97. The first kappa shape index (κ1) is 27.7. The summed E-state index contributed by atoms with van der Waals surface area (Å²) in [5, 5.41) is 17.2. The van der Waals surface area contributed by atoms with Crippen molar-refractivity contribution in [2.75, 3.05) is 52.5 Å². The number of likely N-dealkylation sites (tertiary alicyclic amines) is 1. The molecule has 0 bridgehead atoms. The minimum Gasteiger partial charge on any atom is -0.477 e. The van der Waals surface area contributed by atoms with Gasteiger partial charge >= 0.3 is 6.18 Å². The Morgan fingerprint density at radius 1 is 1.20 bits per heavy atom. The van der Waals surface area contributed by atoms with Crippen LogP contribution in [0, 0.1) is 17.2 Å². The van der Waals surface area contributed by atoms with Crippen LogP contribution in [-0.2, 0) is 22.8 Å². The lowest BCUT2D eigenvalue weighted by molar-refractivity contribution is -0.139. The Morgan fingerprint density at radius 2 is 1.95 bits per heavy atom. The maximum atomic E-state index is 14.0. The Labute approximate surface area is 228 Å². The predicted octanol–water partition coefficient (Wildman–Crippen LogP) is 2.66. The smallest absolute Gasteiger partial charge is 0.421 e. The molecule has 0 N–H and O–H groups in total. The average Bonchev–Trinajstić information content (AvgIpc) is 3.34. The van der Waals surface area contributed by atoms with E-state index in [2.05, 4.69) is 25.2 Å². The second-order valence-electron chi connectivity index (χ2n) is 9.97. The lowest BCUT2D eigenvalue weighted by Crippen LogP contribution is -2.47. The van der Waals surface area contributed by atoms with Gasteiger partial charge in [0.15, 0.2) is 5.69 Å². The first-order valence-corrected chi connectivity index (χ1v) is 13.1. The molecule has 40 heavy (non-hydrogen) atoms. The largest absolute Gasteiger partial charge is 0.477 e. The molecule has 212 valence electrons. The number of halogens is 3. The van der Waals surface area contributed by atoms with E-state index in [0.29, 0.717) is 44.8 Å². The first-order chi connectivity index (χ1) is 19.2. The minimum atomic E-state index is -4.70. The summed E-state index contributed by atoms with van der Waals surface area (Å²) >= 11 is 0. The van der Waals surface area contributed by atoms with Crippen LogP contribution in [0.15, 0.2) is 18.3 Å². The second kappa shape index (κ2) is 11.7. The SMILES string of the molecule is Cn1nnc2c(C#N)nc(-c3cnc(OCCC4CCN(CC(=O)N5CCOCC5)CC4)c(C(F)(F)F)c3)cc21. The number of carbonyl (C=O) groups is 1. The topological polar surface area (TPSA) is 122 Å². The van der Waals surface area contributed by atoms with Crippen LogP contribution < -0.4 is 4.74 Å². The zero-order valence-electron chi connectivity index (χ0n) is 22.0. The Balaban J connectivity index is 1.20. The molecule has 2 aliphatic heterocycles. The Kier molecular flexibility index (Phi) is 8.13. The number of alkyl halides is 3. The van der Waals surface area contributed by atoms with Gasteiger partial charge in [-0.15, -0.1) is 5.10 Å². The normalized spacial score (nSPS) is 17.2. The lowest BCUT2D eigenvalue weighted by atomic mass is 9.94. The number of pyridine rings is 2. The molecule has 2 aliphatic rings. The van der Waals surface area contributed by atoms with Gasteiger partial charge < -0.3 is 14.4 Å². The van der Waals surface area contributed by atoms with Crippen molar-refractivity contribution in [2.24, 2.45) is 13.0 Å². The summed E-state index contributed by atoms with van der Waals surface area (Å²) in [6.45, 7) is 4.37. The van der Waals surface area contributed by atoms with Gasteiger partial charge in [-0.05, 0) is 50.4 Å². The van der Waals surface area contributed by atoms with Gasteiger partial charge in [0.2, 0.25) is 11.8 Å². The number of ether oxygens (including phenoxy) is 2. The fourth-order valence-corrected chi connectivity index (χ4v) is 5.03. The van der Waals surface area contributed by atoms with E-state index >= 15 is 0 Å². The van der Waals surface area contributed by atoms with E-state index in [-0.39, 0.29) is 40.9 Å². The van der Waals surface area contributed by atoms with Crippen LogP contribution >= 0.6 is 0 Å². The number of hydrogen-bond donors (Lipinski definition) is 0. The third-order valence-electron chi connectivity index (χ3n) is 7.35. The van der Waals surface area contributed by atoms with E-state index in [4.69, 9.17) is 9.47 Å². The van der Waals surface area contributed by atoms with E-state index in [9.17, 15) is 23.2 Å². The minimum absolute atomic E-state index is 0.0361. The number of nitriles is 1. The lowest BCUT2D eigenvalue weighted by Gasteiger charge is -2.34. The van der Waals surface area contributed by atoms with Crippen LogP contribution in [0.1, 0.15) is 30.5 Å². The molecule has 0 radical (unpaired) electrons. The third-order valence-corrected chi connectivity index (χ3v) is 7.35. The fraction of sp³-hybridized carbons (Fsp3) is 0.538. The zero-order valence-corrected chi connectivity index (χ0v) is 22.0. The third kappa shape index (κ3) is 6.15. The van der Waals surface area contributed by atoms with Crippen molar-refractivity contribution in [2.45, 2.75) is 25.4 Å². The Bertz CT molecular complexity index is 1410. The summed E-state index contributed by atoms with van der Waals surface area (Å²) < 4.78 is 54.1. The summed E-state index contributed by atoms with van der Waals surface area (Å²) in [5.74, 6) is -0.0972. The van der Waals surface area contributed by atoms with Gasteiger partial charge in [-0.1, -0.05) is 5.21 Å². The maximum absolute atomic E-state index is 14.0. The van der Waals surface area contributed by atoms with E-state index < -0.39 is 17.6 Å². The van der Waals surface area contributed by atoms with E-state index in [1.807, 2.05) is 11.0 Å². The molecule has 11 nitrogen and oxygen atoms in total. The summed E-state index contributed by atoms with van der Waals surface area (Å²) in [4.78, 5) is 24.6. The molecular formula is C26H29F3N8O3. The number of aryl methyl sites for hydroxylation is 1. The van der Waals surface area contributed by atoms with Crippen LogP contribution in [-0.4, -0.2) is 93.2 Å². The predicted molar refractivity (Wildman–Crippen MR) is 136 cm³/mol. The molecule has 0 atom stereocenters. The van der Waals surface area contributed by atoms with Crippen molar-refractivity contribution in [3.8, 4) is 23.2 Å². The van der Waals surface area contributed by atoms with Crippen LogP contribution in [0.4, 0.5) is 13.2 Å². The van der Waals surface area contributed by atoms with Crippen LogP contribution in [0.3, 0.4) is 0 Å². The number of aromatic nitrogens is 5. The van der Waals surface area contributed by atoms with Gasteiger partial charge in [0.05, 0.1) is 37.6 Å². The molecule has 0 spiro atoms. The molecule has 0 aliphatic carbocycles. The molecule has 5 heterocycles. The van der Waals surface area contributed by atoms with Crippen LogP contribution in [0.2, 0.25) is 0 Å². The number of hydrogen-bond acceptors (Lipinski definition) is 9. The van der Waals surface area contributed by atoms with Gasteiger partial charge in [0.1, 0.15) is 17.1 Å². The first-order valence-electron chi connectivity index (χ1n) is 13.1. The fourth-order valence-electron chi connectivity index (χ4n) is 5.03. The molecule has 5 rings (SSSR count). The van der Waals surface area contributed by atoms with Crippen molar-refractivity contribution < 1.29 is 27.4 Å². The van der Waals surface area contributed by atoms with Crippen molar-refractivity contribution in [3.63, 3.8) is 0 Å². The molecule has 0 unspecified atom stereocenters. The summed E-state index contributed by atoms with van der Waals surface area (Å²) in [5.41, 5.74) is -0.0636. The van der Waals surface area contributed by atoms with Gasteiger partial charge in [-0.2, -0.15) is 18.4 Å². The van der Waals surface area contributed by atoms with Crippen LogP contribution in [0.25, 0.3) is 22.3 Å². The number of carbonyl (C=O) groups excluding carboxylic acids is 1. The van der Waals surface area contributed by atoms with Gasteiger partial charge in [-0.3, -0.25) is 9.69 Å². The molecule has 3 aromatic rings. The van der Waals surface area contributed by atoms with Gasteiger partial charge in [0, 0.05) is 31.9 Å². The molecule has 14 heteroatoms. The van der Waals surface area contributed by atoms with E-state index in [1.165, 1.54) is 16.9 Å². The number of rotatable bonds is 7. The Hall–Kier alpha value is -3.83. The molecule has 3 aromatic heterocycles. The maximum Gasteiger partial charge on any atom is 0.421 e. The summed E-state index contributed by atoms with van der Waals surface area (Å²) in [6, 6.07) is 4.37. The van der Waals surface area contributed by atoms with Gasteiger partial charge in [0.25, 0.3) is 0 Å². The van der Waals surface area contributed by atoms with Crippen LogP contribution in [0.5, 0.6) is 5.88 Å². The molecule has 0 aromatic carbocycles. The van der Waals surface area contributed by atoms with E-state index in [1.54, 1.807) is 7.05 Å². The molecular weight excluding hydrogens is 529 g/mol. The van der Waals surface area contributed by atoms with Crippen molar-refractivity contribution >= 4 is 16.9 Å². The molecule has 1 amide bonds. The number of piperidine rings is 1. The number of nitrogens with zero attached hydrogens (tertiary/aromatic N) is 8. The molecule has 0 saturated carbocycles. The Morgan fingerprint density at radius 3 is 2.65 bits per heavy atom. The number of morpholine rings is 1. The summed E-state index contributed by atoms with van der Waals surface area (Å²) in [7, 11) is 1.62. The highest BCUT2D eigenvalue weighted by Crippen LogP contribution is 2.38. The molecule has 2 fully saturated rings. The summed E-state index contributed by atoms with van der Waals surface area (Å²) in [6.07, 6.45) is -1.17. The van der Waals surface area contributed by atoms with Crippen molar-refractivity contribution in [3.05, 3.63) is 29.6 Å². The van der Waals surface area contributed by atoms with E-state index in [0.717, 1.165) is 32.0 Å². The van der Waals surface area contributed by atoms with Crippen molar-refractivity contribution in [1.29, 1.82) is 5.26 Å². The number of amides is 1. The highest BCUT2D eigenvalue weighted by Gasteiger charge is 2.36. The monoisotopic (exact) mass is 558 g/mol. The highest BCUT2D eigenvalue weighted by atomic mass is 19.4. The van der Waals surface area contributed by atoms with Gasteiger partial charge in [-0.25, -0.2) is 14.6 Å².